The molecule has 0 fully saturated rings. The molecule has 2 aromatic heterocycles. The van der Waals surface area contributed by atoms with Gasteiger partial charge in [-0.3, -0.25) is 9.78 Å². The largest absolute Gasteiger partial charge is 0.493 e. The number of nitrogens with one attached hydrogen (secondary N) is 2. The quantitative estimate of drug-likeness (QED) is 0.282. The lowest BCUT2D eigenvalue weighted by atomic mass is 10.1. The molecule has 0 spiro atoms. The lowest BCUT2D eigenvalue weighted by Gasteiger charge is -2.17. The number of amides is 1. The predicted molar refractivity (Wildman–Crippen MR) is 144 cm³/mol. The van der Waals surface area contributed by atoms with Crippen LogP contribution in [0, 0.1) is 0 Å². The summed E-state index contributed by atoms with van der Waals surface area (Å²) in [5.74, 6) is -2.31. The second-order valence-corrected chi connectivity index (χ2v) is 9.85. The highest BCUT2D eigenvalue weighted by atomic mass is 19.4. The van der Waals surface area contributed by atoms with Crippen LogP contribution in [-0.2, 0) is 11.2 Å². The molecule has 13 heteroatoms. The fraction of sp³-hybridized carbons (Fsp3) is 0.393. The molecule has 1 aliphatic heterocycles. The van der Waals surface area contributed by atoms with E-state index in [0.717, 1.165) is 24.2 Å². The van der Waals surface area contributed by atoms with Crippen LogP contribution in [0.2, 0.25) is 0 Å². The maximum atomic E-state index is 13.0. The Morgan fingerprint density at radius 1 is 1.20 bits per heavy atom. The van der Waals surface area contributed by atoms with Crippen LogP contribution in [0.15, 0.2) is 48.7 Å². The highest BCUT2D eigenvalue weighted by Crippen LogP contribution is 2.31. The molecule has 1 aliphatic rings. The summed E-state index contributed by atoms with van der Waals surface area (Å²) < 4.78 is 45.5. The normalized spacial score (nSPS) is 14.0. The molecule has 41 heavy (non-hydrogen) atoms. The van der Waals surface area contributed by atoms with Crippen molar-refractivity contribution in [2.45, 2.75) is 25.1 Å². The van der Waals surface area contributed by atoms with Crippen LogP contribution in [0.4, 0.5) is 13.2 Å². The van der Waals surface area contributed by atoms with Crippen molar-refractivity contribution in [1.82, 2.24) is 25.2 Å². The number of carbonyl (C=O) groups excluding carboxylic acids is 2. The summed E-state index contributed by atoms with van der Waals surface area (Å²) in [7, 11) is 4.01. The molecule has 3 aromatic rings. The summed E-state index contributed by atoms with van der Waals surface area (Å²) >= 11 is 0. The number of rotatable bonds is 12. The number of halogens is 3. The number of pyridine rings is 1. The van der Waals surface area contributed by atoms with E-state index >= 15 is 0 Å². The second-order valence-electron chi connectivity index (χ2n) is 9.85. The molecule has 0 saturated heterocycles. The Balaban J connectivity index is 1.46. The Morgan fingerprint density at radius 3 is 2.66 bits per heavy atom. The van der Waals surface area contributed by atoms with Gasteiger partial charge in [0.2, 0.25) is 0 Å². The molecule has 1 unspecified atom stereocenters. The van der Waals surface area contributed by atoms with Crippen molar-refractivity contribution in [3.63, 3.8) is 0 Å². The number of benzene rings is 1. The predicted octanol–water partition coefficient (Wildman–Crippen LogP) is 2.30. The molecule has 0 saturated carbocycles. The van der Waals surface area contributed by atoms with Crippen LogP contribution in [0.3, 0.4) is 0 Å². The van der Waals surface area contributed by atoms with Crippen molar-refractivity contribution in [1.29, 1.82) is 0 Å². The number of hydrogen-bond donors (Lipinski definition) is 3. The maximum Gasteiger partial charge on any atom is 0.493 e. The van der Waals surface area contributed by atoms with Gasteiger partial charge in [-0.2, -0.15) is 17.9 Å². The molecule has 10 nitrogen and oxygen atoms in total. The highest BCUT2D eigenvalue weighted by Gasteiger charge is 2.43. The van der Waals surface area contributed by atoms with Crippen LogP contribution in [-0.4, -0.2) is 90.8 Å². The van der Waals surface area contributed by atoms with E-state index < -0.39 is 24.2 Å². The first-order chi connectivity index (χ1) is 19.5. The number of ether oxygens (including phenoxy) is 1. The van der Waals surface area contributed by atoms with Gasteiger partial charge in [-0.25, -0.2) is 4.79 Å². The third-order valence-electron chi connectivity index (χ3n) is 6.34. The molecule has 1 aromatic carbocycles. The first-order valence-electron chi connectivity index (χ1n) is 13.1. The third-order valence-corrected chi connectivity index (χ3v) is 6.34. The monoisotopic (exact) mass is 575 g/mol. The van der Waals surface area contributed by atoms with E-state index in [1.807, 2.05) is 14.1 Å². The molecule has 1 atom stereocenters. The number of aromatic nitrogens is 2. The number of fused-ring (bicyclic) bond motifs is 1. The van der Waals surface area contributed by atoms with Crippen molar-refractivity contribution < 1.29 is 37.4 Å². The van der Waals surface area contributed by atoms with E-state index in [1.165, 1.54) is 12.3 Å². The lowest BCUT2D eigenvalue weighted by Crippen LogP contribution is -2.37. The van der Waals surface area contributed by atoms with Gasteiger partial charge >= 0.3 is 12.1 Å². The van der Waals surface area contributed by atoms with E-state index in [1.54, 1.807) is 36.4 Å². The molecular formula is C28H32F3N5O5. The third kappa shape index (κ3) is 7.84. The number of nitrogens with zero attached hydrogens (tertiary/aromatic N) is 3. The zero-order chi connectivity index (χ0) is 29.6. The molecule has 3 heterocycles. The standard InChI is InChI=1S/C28H32F3N5O5/c1-35(2)13-3-10-32-16-20(37)17-40-21-6-4-18(5-7-21)23-14-19(8-11-33-23)25-15-22-24(9-12-34-26(22)38)36(25)41-27(39)28(29,30)31/h4-8,11,14-15,20,32,37H,3,9-10,12-13,16-17H2,1-2H3,(H,34,38). The van der Waals surface area contributed by atoms with E-state index in [-0.39, 0.29) is 36.5 Å². The minimum atomic E-state index is -5.21. The van der Waals surface area contributed by atoms with Crippen molar-refractivity contribution >= 4 is 11.9 Å². The SMILES string of the molecule is CN(C)CCCNCC(O)COc1ccc(-c2cc(-c3cc4c(n3OC(=O)C(F)(F)F)CCNC4=O)ccn2)cc1. The number of carbonyl (C=O) groups is 2. The zero-order valence-electron chi connectivity index (χ0n) is 22.7. The summed E-state index contributed by atoms with van der Waals surface area (Å²) in [6.07, 6.45) is -3.26. The van der Waals surface area contributed by atoms with E-state index in [9.17, 15) is 27.9 Å². The van der Waals surface area contributed by atoms with Gasteiger partial charge in [0.1, 0.15) is 18.5 Å². The van der Waals surface area contributed by atoms with Crippen molar-refractivity contribution in [2.75, 3.05) is 46.9 Å². The molecule has 3 N–H and O–H groups in total. The number of aliphatic hydroxyl groups is 1. The highest BCUT2D eigenvalue weighted by molar-refractivity contribution is 5.98. The minimum absolute atomic E-state index is 0.109. The van der Waals surface area contributed by atoms with Gasteiger partial charge in [0.25, 0.3) is 5.91 Å². The van der Waals surface area contributed by atoms with Crippen LogP contribution in [0.1, 0.15) is 22.5 Å². The average molecular weight is 576 g/mol. The molecule has 1 amide bonds. The van der Waals surface area contributed by atoms with E-state index in [4.69, 9.17) is 9.57 Å². The molecule has 0 aliphatic carbocycles. The van der Waals surface area contributed by atoms with Crippen molar-refractivity contribution in [2.24, 2.45) is 0 Å². The Bertz CT molecular complexity index is 1360. The summed E-state index contributed by atoms with van der Waals surface area (Å²) in [5, 5.41) is 16.0. The number of alkyl halides is 3. The molecule has 4 rings (SSSR count). The van der Waals surface area contributed by atoms with Crippen LogP contribution in [0.5, 0.6) is 5.75 Å². The van der Waals surface area contributed by atoms with Crippen LogP contribution in [0.25, 0.3) is 22.5 Å². The molecular weight excluding hydrogens is 543 g/mol. The van der Waals surface area contributed by atoms with Gasteiger partial charge in [-0.1, -0.05) is 0 Å². The van der Waals surface area contributed by atoms with Crippen LogP contribution < -0.4 is 20.2 Å². The van der Waals surface area contributed by atoms with Gasteiger partial charge in [0.15, 0.2) is 0 Å². The van der Waals surface area contributed by atoms with Crippen LogP contribution >= 0.6 is 0 Å². The Morgan fingerprint density at radius 2 is 1.95 bits per heavy atom. The van der Waals surface area contributed by atoms with Crippen molar-refractivity contribution in [3.8, 4) is 28.3 Å². The molecule has 0 bridgehead atoms. The summed E-state index contributed by atoms with van der Waals surface area (Å²) in [5.41, 5.74) is 1.99. The smallest absolute Gasteiger partial charge is 0.491 e. The first kappa shape index (κ1) is 30.0. The number of hydrogen-bond acceptors (Lipinski definition) is 8. The van der Waals surface area contributed by atoms with E-state index in [2.05, 4.69) is 20.5 Å². The van der Waals surface area contributed by atoms with Gasteiger partial charge in [0, 0.05) is 36.8 Å². The second kappa shape index (κ2) is 13.1. The zero-order valence-corrected chi connectivity index (χ0v) is 22.7. The first-order valence-corrected chi connectivity index (χ1v) is 13.1. The topological polar surface area (TPSA) is 118 Å². The number of aliphatic hydroxyl groups excluding tert-OH is 1. The molecule has 0 radical (unpaired) electrons. The van der Waals surface area contributed by atoms with Gasteiger partial charge in [-0.05, 0) is 76.1 Å². The fourth-order valence-electron chi connectivity index (χ4n) is 4.31. The van der Waals surface area contributed by atoms with Gasteiger partial charge < -0.3 is 30.2 Å². The Hall–Kier alpha value is -3.94. The lowest BCUT2D eigenvalue weighted by molar-refractivity contribution is -0.199. The summed E-state index contributed by atoms with van der Waals surface area (Å²) in [6, 6.07) is 11.5. The average Bonchev–Trinajstić information content (AvgIpc) is 3.31. The fourth-order valence-corrected chi connectivity index (χ4v) is 4.31. The van der Waals surface area contributed by atoms with E-state index in [0.29, 0.717) is 29.1 Å². The van der Waals surface area contributed by atoms with Gasteiger partial charge in [-0.15, -0.1) is 0 Å². The Labute approximate surface area is 235 Å². The minimum Gasteiger partial charge on any atom is -0.491 e. The summed E-state index contributed by atoms with van der Waals surface area (Å²) in [6.45, 7) is 2.47. The summed E-state index contributed by atoms with van der Waals surface area (Å²) in [4.78, 5) is 35.2. The van der Waals surface area contributed by atoms with Gasteiger partial charge in [0.05, 0.1) is 22.6 Å². The van der Waals surface area contributed by atoms with Crippen molar-refractivity contribution in [3.05, 3.63) is 59.9 Å². The maximum absolute atomic E-state index is 13.0. The molecule has 220 valence electrons. The Kier molecular flexibility index (Phi) is 9.63.